The number of hydrogen-bond acceptors (Lipinski definition) is 5. The van der Waals surface area contributed by atoms with Gasteiger partial charge in [-0.3, -0.25) is 0 Å². The van der Waals surface area contributed by atoms with Crippen molar-refractivity contribution >= 4 is 23.0 Å². The Hall–Kier alpha value is -2.69. The Balaban J connectivity index is 2.19. The fourth-order valence-electron chi connectivity index (χ4n) is 1.87. The number of nitrogens with one attached hydrogen (secondary N) is 1. The van der Waals surface area contributed by atoms with Gasteiger partial charge in [-0.1, -0.05) is 6.07 Å². The van der Waals surface area contributed by atoms with Gasteiger partial charge >= 0.3 is 5.97 Å². The van der Waals surface area contributed by atoms with Gasteiger partial charge in [-0.2, -0.15) is 0 Å². The van der Waals surface area contributed by atoms with Crippen molar-refractivity contribution in [1.82, 2.24) is 0 Å². The predicted molar refractivity (Wildman–Crippen MR) is 83.1 cm³/mol. The van der Waals surface area contributed by atoms with Gasteiger partial charge in [0.15, 0.2) is 0 Å². The summed E-state index contributed by atoms with van der Waals surface area (Å²) in [6, 6.07) is 12.5. The molecular formula is C16H18N2O3. The molecule has 0 unspecified atom stereocenters. The minimum Gasteiger partial charge on any atom is -0.497 e. The van der Waals surface area contributed by atoms with Crippen molar-refractivity contribution in [3.63, 3.8) is 0 Å². The molecule has 0 fully saturated rings. The minimum atomic E-state index is -0.378. The van der Waals surface area contributed by atoms with Crippen LogP contribution < -0.4 is 15.8 Å². The van der Waals surface area contributed by atoms with E-state index in [2.05, 4.69) is 5.32 Å². The van der Waals surface area contributed by atoms with Gasteiger partial charge < -0.3 is 20.5 Å². The first-order valence-electron chi connectivity index (χ1n) is 6.61. The highest BCUT2D eigenvalue weighted by molar-refractivity contribution is 5.92. The standard InChI is InChI=1S/C16H18N2O3/c1-3-21-16(19)11-7-8-15(14(17)9-11)18-12-5-4-6-13(10-12)20-2/h4-10,18H,3,17H2,1-2H3. The molecule has 0 saturated heterocycles. The highest BCUT2D eigenvalue weighted by Gasteiger charge is 2.09. The van der Waals surface area contributed by atoms with Crippen molar-refractivity contribution < 1.29 is 14.3 Å². The highest BCUT2D eigenvalue weighted by atomic mass is 16.5. The van der Waals surface area contributed by atoms with E-state index < -0.39 is 0 Å². The van der Waals surface area contributed by atoms with E-state index in [-0.39, 0.29) is 5.97 Å². The van der Waals surface area contributed by atoms with E-state index in [0.29, 0.717) is 17.9 Å². The van der Waals surface area contributed by atoms with Crippen molar-refractivity contribution in [3.8, 4) is 5.75 Å². The molecule has 2 aromatic carbocycles. The average Bonchev–Trinajstić information content (AvgIpc) is 2.49. The minimum absolute atomic E-state index is 0.336. The average molecular weight is 286 g/mol. The summed E-state index contributed by atoms with van der Waals surface area (Å²) < 4.78 is 10.1. The van der Waals surface area contributed by atoms with Crippen LogP contribution in [0.3, 0.4) is 0 Å². The number of nitrogen functional groups attached to an aromatic ring is 1. The van der Waals surface area contributed by atoms with Crippen molar-refractivity contribution in [2.75, 3.05) is 24.8 Å². The van der Waals surface area contributed by atoms with Gasteiger partial charge in [-0.25, -0.2) is 4.79 Å². The van der Waals surface area contributed by atoms with Gasteiger partial charge in [0.2, 0.25) is 0 Å². The monoisotopic (exact) mass is 286 g/mol. The third kappa shape index (κ3) is 3.66. The van der Waals surface area contributed by atoms with Crippen LogP contribution in [0.25, 0.3) is 0 Å². The lowest BCUT2D eigenvalue weighted by Crippen LogP contribution is -2.06. The SMILES string of the molecule is CCOC(=O)c1ccc(Nc2cccc(OC)c2)c(N)c1. The predicted octanol–water partition coefficient (Wildman–Crippen LogP) is 3.20. The molecular weight excluding hydrogens is 268 g/mol. The Morgan fingerprint density at radius 3 is 2.71 bits per heavy atom. The third-order valence-corrected chi connectivity index (χ3v) is 2.91. The smallest absolute Gasteiger partial charge is 0.338 e. The molecule has 0 aliphatic rings. The summed E-state index contributed by atoms with van der Waals surface area (Å²) in [7, 11) is 1.61. The first kappa shape index (κ1) is 14.7. The van der Waals surface area contributed by atoms with Gasteiger partial charge in [0, 0.05) is 11.8 Å². The van der Waals surface area contributed by atoms with Crippen LogP contribution in [0, 0.1) is 0 Å². The van der Waals surface area contributed by atoms with E-state index in [9.17, 15) is 4.79 Å². The van der Waals surface area contributed by atoms with E-state index in [1.54, 1.807) is 32.2 Å². The molecule has 0 spiro atoms. The van der Waals surface area contributed by atoms with Gasteiger partial charge in [0.05, 0.1) is 30.7 Å². The molecule has 0 bridgehead atoms. The summed E-state index contributed by atoms with van der Waals surface area (Å²) in [6.45, 7) is 2.10. The first-order valence-corrected chi connectivity index (χ1v) is 6.61. The van der Waals surface area contributed by atoms with Crippen molar-refractivity contribution in [1.29, 1.82) is 0 Å². The molecule has 0 radical (unpaired) electrons. The number of methoxy groups -OCH3 is 1. The lowest BCUT2D eigenvalue weighted by Gasteiger charge is -2.11. The molecule has 5 heteroatoms. The van der Waals surface area contributed by atoms with Crippen molar-refractivity contribution in [3.05, 3.63) is 48.0 Å². The maximum Gasteiger partial charge on any atom is 0.338 e. The van der Waals surface area contributed by atoms with Crippen LogP contribution in [0.2, 0.25) is 0 Å². The number of anilines is 3. The number of nitrogens with two attached hydrogens (primary N) is 1. The molecule has 0 atom stereocenters. The van der Waals surface area contributed by atoms with Crippen LogP contribution in [-0.4, -0.2) is 19.7 Å². The molecule has 0 heterocycles. The number of hydrogen-bond donors (Lipinski definition) is 2. The second kappa shape index (κ2) is 6.65. The molecule has 0 amide bonds. The molecule has 21 heavy (non-hydrogen) atoms. The Bertz CT molecular complexity index is 641. The largest absolute Gasteiger partial charge is 0.497 e. The summed E-state index contributed by atoms with van der Waals surface area (Å²) in [5, 5.41) is 3.19. The molecule has 0 aliphatic heterocycles. The molecule has 0 saturated carbocycles. The van der Waals surface area contributed by atoms with Gasteiger partial charge in [0.25, 0.3) is 0 Å². The molecule has 5 nitrogen and oxygen atoms in total. The van der Waals surface area contributed by atoms with E-state index in [1.165, 1.54) is 0 Å². The third-order valence-electron chi connectivity index (χ3n) is 2.91. The molecule has 2 aromatic rings. The van der Waals surface area contributed by atoms with E-state index >= 15 is 0 Å². The molecule has 0 aliphatic carbocycles. The van der Waals surface area contributed by atoms with E-state index in [1.807, 2.05) is 24.3 Å². The number of ether oxygens (including phenoxy) is 2. The van der Waals surface area contributed by atoms with Crippen LogP contribution in [0.1, 0.15) is 17.3 Å². The molecule has 0 aromatic heterocycles. The Labute approximate surface area is 123 Å². The van der Waals surface area contributed by atoms with E-state index in [4.69, 9.17) is 15.2 Å². The topological polar surface area (TPSA) is 73.6 Å². The fourth-order valence-corrected chi connectivity index (χ4v) is 1.87. The Kier molecular flexibility index (Phi) is 4.66. The van der Waals surface area contributed by atoms with Crippen molar-refractivity contribution in [2.45, 2.75) is 6.92 Å². The second-order valence-electron chi connectivity index (χ2n) is 4.38. The maximum absolute atomic E-state index is 11.6. The lowest BCUT2D eigenvalue weighted by atomic mass is 10.1. The summed E-state index contributed by atoms with van der Waals surface area (Å²) in [6.07, 6.45) is 0. The zero-order chi connectivity index (χ0) is 15.2. The Morgan fingerprint density at radius 1 is 1.24 bits per heavy atom. The number of esters is 1. The van der Waals surface area contributed by atoms with Crippen LogP contribution in [0.5, 0.6) is 5.75 Å². The summed E-state index contributed by atoms with van der Waals surface area (Å²) >= 11 is 0. The number of carbonyl (C=O) groups is 1. The molecule has 2 rings (SSSR count). The quantitative estimate of drug-likeness (QED) is 0.652. The fraction of sp³-hybridized carbons (Fsp3) is 0.188. The molecule has 110 valence electrons. The zero-order valence-electron chi connectivity index (χ0n) is 12.1. The van der Waals surface area contributed by atoms with Gasteiger partial charge in [0.1, 0.15) is 5.75 Å². The van der Waals surface area contributed by atoms with Crippen LogP contribution in [0.15, 0.2) is 42.5 Å². The van der Waals surface area contributed by atoms with Crippen LogP contribution in [-0.2, 0) is 4.74 Å². The number of benzene rings is 2. The first-order chi connectivity index (χ1) is 10.1. The Morgan fingerprint density at radius 2 is 2.05 bits per heavy atom. The van der Waals surface area contributed by atoms with Crippen LogP contribution in [0.4, 0.5) is 17.1 Å². The maximum atomic E-state index is 11.6. The highest BCUT2D eigenvalue weighted by Crippen LogP contribution is 2.26. The second-order valence-corrected chi connectivity index (χ2v) is 4.38. The lowest BCUT2D eigenvalue weighted by molar-refractivity contribution is 0.0526. The van der Waals surface area contributed by atoms with Gasteiger partial charge in [-0.05, 0) is 37.3 Å². The van der Waals surface area contributed by atoms with Gasteiger partial charge in [-0.15, -0.1) is 0 Å². The van der Waals surface area contributed by atoms with Crippen LogP contribution >= 0.6 is 0 Å². The number of carbonyl (C=O) groups excluding carboxylic acids is 1. The van der Waals surface area contributed by atoms with Crippen molar-refractivity contribution in [2.24, 2.45) is 0 Å². The normalized spacial score (nSPS) is 10.0. The summed E-state index contributed by atoms with van der Waals surface area (Å²) in [4.78, 5) is 11.6. The zero-order valence-corrected chi connectivity index (χ0v) is 12.1. The number of rotatable bonds is 5. The summed E-state index contributed by atoms with van der Waals surface area (Å²) in [5.74, 6) is 0.374. The molecule has 3 N–H and O–H groups in total. The van der Waals surface area contributed by atoms with E-state index in [0.717, 1.165) is 17.1 Å². The summed E-state index contributed by atoms with van der Waals surface area (Å²) in [5.41, 5.74) is 8.45.